The molecule has 0 spiro atoms. The molecule has 4 nitrogen and oxygen atoms in total. The highest BCUT2D eigenvalue weighted by atomic mass is 35.5. The van der Waals surface area contributed by atoms with Gasteiger partial charge in [0.25, 0.3) is 0 Å². The van der Waals surface area contributed by atoms with Gasteiger partial charge in [0.2, 0.25) is 0 Å². The maximum Gasteiger partial charge on any atom is 0.154 e. The Morgan fingerprint density at radius 2 is 2.14 bits per heavy atom. The molecule has 1 aliphatic rings. The number of hydrogen-bond donors (Lipinski definition) is 0. The van der Waals surface area contributed by atoms with Crippen molar-refractivity contribution in [1.82, 2.24) is 4.98 Å². The van der Waals surface area contributed by atoms with E-state index in [-0.39, 0.29) is 17.5 Å². The van der Waals surface area contributed by atoms with Gasteiger partial charge in [0.1, 0.15) is 5.82 Å². The lowest BCUT2D eigenvalue weighted by molar-refractivity contribution is 0.567. The van der Waals surface area contributed by atoms with Gasteiger partial charge in [-0.25, -0.2) is 13.4 Å². The third-order valence-electron chi connectivity index (χ3n) is 3.85. The number of fused-ring (bicyclic) bond motifs is 1. The minimum Gasteiger partial charge on any atom is -0.351 e. The Labute approximate surface area is 129 Å². The summed E-state index contributed by atoms with van der Waals surface area (Å²) in [5.41, 5.74) is 0.811. The first kappa shape index (κ1) is 14.6. The van der Waals surface area contributed by atoms with Crippen LogP contribution < -0.4 is 4.90 Å². The molecular formula is C15H17ClN2O2S. The second-order valence-electron chi connectivity index (χ2n) is 5.45. The van der Waals surface area contributed by atoms with Crippen molar-refractivity contribution >= 4 is 38.0 Å². The van der Waals surface area contributed by atoms with Gasteiger partial charge >= 0.3 is 0 Å². The topological polar surface area (TPSA) is 50.3 Å². The Morgan fingerprint density at radius 3 is 2.86 bits per heavy atom. The number of alkyl halides is 1. The Morgan fingerprint density at radius 1 is 1.38 bits per heavy atom. The summed E-state index contributed by atoms with van der Waals surface area (Å²) in [6.07, 6.45) is 0. The summed E-state index contributed by atoms with van der Waals surface area (Å²) in [4.78, 5) is 6.72. The molecular weight excluding hydrogens is 308 g/mol. The molecule has 0 radical (unpaired) electrons. The van der Waals surface area contributed by atoms with Crippen LogP contribution in [0.4, 0.5) is 5.82 Å². The van der Waals surface area contributed by atoms with Crippen molar-refractivity contribution in [1.29, 1.82) is 0 Å². The van der Waals surface area contributed by atoms with Gasteiger partial charge in [0.05, 0.1) is 23.1 Å². The Balaban J connectivity index is 2.11. The molecule has 0 saturated carbocycles. The highest BCUT2D eigenvalue weighted by Gasteiger charge is 2.29. The van der Waals surface area contributed by atoms with E-state index in [4.69, 9.17) is 11.6 Å². The van der Waals surface area contributed by atoms with Crippen LogP contribution in [0.25, 0.3) is 10.8 Å². The van der Waals surface area contributed by atoms with Crippen molar-refractivity contribution in [2.24, 2.45) is 0 Å². The molecule has 1 atom stereocenters. The predicted octanol–water partition coefficient (Wildman–Crippen LogP) is 2.60. The minimum atomic E-state index is -2.94. The van der Waals surface area contributed by atoms with E-state index in [9.17, 15) is 8.42 Å². The zero-order valence-electron chi connectivity index (χ0n) is 11.8. The standard InChI is InChI=1S/C15H17ClN2O2S/c1-11-10-21(19,20)7-6-18(11)15-14-5-3-2-4-12(14)8-13(9-16)17-15/h2-5,8,11H,6-7,9-10H2,1H3. The van der Waals surface area contributed by atoms with E-state index in [0.29, 0.717) is 12.4 Å². The van der Waals surface area contributed by atoms with Crippen LogP contribution in [0.1, 0.15) is 12.6 Å². The largest absolute Gasteiger partial charge is 0.351 e. The van der Waals surface area contributed by atoms with E-state index in [1.165, 1.54) is 0 Å². The van der Waals surface area contributed by atoms with Crippen molar-refractivity contribution in [3.05, 3.63) is 36.0 Å². The van der Waals surface area contributed by atoms with Crippen molar-refractivity contribution in [2.75, 3.05) is 23.0 Å². The van der Waals surface area contributed by atoms with E-state index in [1.807, 2.05) is 37.3 Å². The fraction of sp³-hybridized carbons (Fsp3) is 0.400. The Bertz CT molecular complexity index is 776. The first-order valence-electron chi connectivity index (χ1n) is 6.92. The second kappa shape index (κ2) is 5.46. The molecule has 1 saturated heterocycles. The minimum absolute atomic E-state index is 0.0785. The number of pyridine rings is 1. The molecule has 21 heavy (non-hydrogen) atoms. The molecule has 3 rings (SSSR count). The van der Waals surface area contributed by atoms with E-state index in [0.717, 1.165) is 22.3 Å². The molecule has 2 aromatic rings. The van der Waals surface area contributed by atoms with Crippen LogP contribution in [0.15, 0.2) is 30.3 Å². The zero-order valence-corrected chi connectivity index (χ0v) is 13.4. The first-order chi connectivity index (χ1) is 10.00. The van der Waals surface area contributed by atoms with Crippen molar-refractivity contribution in [3.63, 3.8) is 0 Å². The summed E-state index contributed by atoms with van der Waals surface area (Å²) >= 11 is 5.94. The number of rotatable bonds is 2. The second-order valence-corrected chi connectivity index (χ2v) is 7.94. The van der Waals surface area contributed by atoms with E-state index >= 15 is 0 Å². The first-order valence-corrected chi connectivity index (χ1v) is 9.27. The molecule has 1 aromatic carbocycles. The fourth-order valence-electron chi connectivity index (χ4n) is 2.84. The quantitative estimate of drug-likeness (QED) is 0.797. The van der Waals surface area contributed by atoms with Crippen molar-refractivity contribution in [3.8, 4) is 0 Å². The lowest BCUT2D eigenvalue weighted by atomic mass is 10.1. The van der Waals surface area contributed by atoms with Crippen LogP contribution in [0.3, 0.4) is 0 Å². The van der Waals surface area contributed by atoms with Gasteiger partial charge < -0.3 is 4.90 Å². The fourth-order valence-corrected chi connectivity index (χ4v) is 4.53. The summed E-state index contributed by atoms with van der Waals surface area (Å²) in [7, 11) is -2.94. The zero-order chi connectivity index (χ0) is 15.0. The third-order valence-corrected chi connectivity index (χ3v) is 5.92. The highest BCUT2D eigenvalue weighted by Crippen LogP contribution is 2.29. The van der Waals surface area contributed by atoms with Crippen molar-refractivity contribution < 1.29 is 8.42 Å². The van der Waals surface area contributed by atoms with Gasteiger partial charge in [-0.05, 0) is 18.4 Å². The summed E-state index contributed by atoms with van der Waals surface area (Å²) in [5, 5.41) is 2.12. The van der Waals surface area contributed by atoms with E-state index < -0.39 is 9.84 Å². The van der Waals surface area contributed by atoms with Gasteiger partial charge in [-0.1, -0.05) is 24.3 Å². The van der Waals surface area contributed by atoms with Gasteiger partial charge in [-0.3, -0.25) is 0 Å². The van der Waals surface area contributed by atoms with Crippen LogP contribution in [-0.2, 0) is 15.7 Å². The van der Waals surface area contributed by atoms with Crippen molar-refractivity contribution in [2.45, 2.75) is 18.8 Å². The average molecular weight is 325 g/mol. The van der Waals surface area contributed by atoms with Gasteiger partial charge in [-0.2, -0.15) is 0 Å². The van der Waals surface area contributed by atoms with Crippen LogP contribution in [0.2, 0.25) is 0 Å². The summed E-state index contributed by atoms with van der Waals surface area (Å²) in [6.45, 7) is 2.41. The number of nitrogens with zero attached hydrogens (tertiary/aromatic N) is 2. The summed E-state index contributed by atoms with van der Waals surface area (Å²) in [5.74, 6) is 1.54. The molecule has 1 aliphatic heterocycles. The number of halogens is 1. The summed E-state index contributed by atoms with van der Waals surface area (Å²) < 4.78 is 23.5. The lowest BCUT2D eigenvalue weighted by Crippen LogP contribution is -2.47. The normalized spacial score (nSPS) is 21.6. The van der Waals surface area contributed by atoms with Crippen LogP contribution >= 0.6 is 11.6 Å². The average Bonchev–Trinajstić information content (AvgIpc) is 2.45. The molecule has 0 bridgehead atoms. The Kier molecular flexibility index (Phi) is 3.80. The number of aromatic nitrogens is 1. The van der Waals surface area contributed by atoms with Gasteiger partial charge in [-0.15, -0.1) is 11.6 Å². The molecule has 1 unspecified atom stereocenters. The van der Waals surface area contributed by atoms with Gasteiger partial charge in [0.15, 0.2) is 9.84 Å². The third kappa shape index (κ3) is 2.85. The van der Waals surface area contributed by atoms with E-state index in [1.54, 1.807) is 0 Å². The predicted molar refractivity (Wildman–Crippen MR) is 86.8 cm³/mol. The van der Waals surface area contributed by atoms with Crippen LogP contribution in [0.5, 0.6) is 0 Å². The molecule has 2 heterocycles. The Hall–Kier alpha value is -1.33. The molecule has 0 N–H and O–H groups in total. The smallest absolute Gasteiger partial charge is 0.154 e. The van der Waals surface area contributed by atoms with Crippen LogP contribution in [0, 0.1) is 0 Å². The number of sulfone groups is 1. The number of anilines is 1. The molecule has 6 heteroatoms. The highest BCUT2D eigenvalue weighted by molar-refractivity contribution is 7.91. The number of hydrogen-bond acceptors (Lipinski definition) is 4. The molecule has 1 fully saturated rings. The molecule has 112 valence electrons. The summed E-state index contributed by atoms with van der Waals surface area (Å²) in [6, 6.07) is 9.91. The monoisotopic (exact) mass is 324 g/mol. The maximum atomic E-state index is 11.8. The molecule has 1 aromatic heterocycles. The molecule has 0 amide bonds. The molecule has 0 aliphatic carbocycles. The van der Waals surface area contributed by atoms with E-state index in [2.05, 4.69) is 9.88 Å². The number of benzene rings is 1. The SMILES string of the molecule is CC1CS(=O)(=O)CCN1c1nc(CCl)cc2ccccc12. The van der Waals surface area contributed by atoms with Crippen LogP contribution in [-0.4, -0.2) is 37.5 Å². The lowest BCUT2D eigenvalue weighted by Gasteiger charge is -2.35. The maximum absolute atomic E-state index is 11.8. The van der Waals surface area contributed by atoms with Gasteiger partial charge in [0, 0.05) is 18.0 Å².